The quantitative estimate of drug-likeness (QED) is 0.180. The lowest BCUT2D eigenvalue weighted by atomic mass is 9.66. The van der Waals surface area contributed by atoms with Gasteiger partial charge in [-0.2, -0.15) is 26.0 Å². The molecule has 5 aliphatic rings. The molecule has 0 aromatic heterocycles. The summed E-state index contributed by atoms with van der Waals surface area (Å²) in [5, 5.41) is -3.89. The predicted octanol–water partition coefficient (Wildman–Crippen LogP) is 7.43. The van der Waals surface area contributed by atoms with E-state index in [0.29, 0.717) is 48.0 Å². The van der Waals surface area contributed by atoms with Crippen molar-refractivity contribution in [2.45, 2.75) is 56.1 Å². The first-order chi connectivity index (χ1) is 18.9. The monoisotopic (exact) mass is 598 g/mol. The van der Waals surface area contributed by atoms with Gasteiger partial charge in [0.15, 0.2) is 5.78 Å². The van der Waals surface area contributed by atoms with Crippen LogP contribution in [0.4, 0.5) is 17.6 Å². The number of halogens is 4. The average Bonchev–Trinajstić information content (AvgIpc) is 3.74. The van der Waals surface area contributed by atoms with Gasteiger partial charge in [-0.25, -0.2) is 3.63 Å². The Morgan fingerprint density at radius 2 is 1.55 bits per heavy atom. The van der Waals surface area contributed by atoms with E-state index in [-0.39, 0.29) is 35.5 Å². The van der Waals surface area contributed by atoms with Crippen molar-refractivity contribution in [2.75, 3.05) is 17.3 Å². The van der Waals surface area contributed by atoms with Crippen molar-refractivity contribution in [2.24, 2.45) is 41.4 Å². The molecule has 0 N–H and O–H groups in total. The smallest absolute Gasteiger partial charge is 0.293 e. The number of rotatable bonds is 8. The fourth-order valence-corrected chi connectivity index (χ4v) is 15.1. The normalized spacial score (nSPS) is 35.4. The highest BCUT2D eigenvalue weighted by Crippen LogP contribution is 2.72. The second-order valence-electron chi connectivity index (χ2n) is 12.8. The maximum Gasteiger partial charge on any atom is 0.432 e. The van der Waals surface area contributed by atoms with E-state index >= 15 is 17.6 Å². The second-order valence-corrected chi connectivity index (χ2v) is 17.8. The summed E-state index contributed by atoms with van der Waals surface area (Å²) in [6.45, 7) is 0. The van der Waals surface area contributed by atoms with E-state index in [0.717, 1.165) is 24.6 Å². The Bertz CT molecular complexity index is 1450. The minimum absolute atomic E-state index is 0.0120. The molecule has 4 saturated carbocycles. The molecule has 2 aromatic carbocycles. The summed E-state index contributed by atoms with van der Waals surface area (Å²) >= 11 is 0. The molecule has 0 radical (unpaired) electrons. The SMILES string of the molecule is O=C(CS1(OS(=O)(=O)C(F)(F)C(F)(F)C2CC3CC2C2C4CCC(C4)C32)CCCC1)c1cccc2ccccc12. The van der Waals surface area contributed by atoms with E-state index < -0.39 is 49.2 Å². The Labute approximate surface area is 233 Å². The molecule has 4 bridgehead atoms. The van der Waals surface area contributed by atoms with Crippen molar-refractivity contribution in [3.8, 4) is 0 Å². The molecule has 1 aliphatic heterocycles. The van der Waals surface area contributed by atoms with Gasteiger partial charge in [0.1, 0.15) is 0 Å². The lowest BCUT2D eigenvalue weighted by Crippen LogP contribution is -2.55. The summed E-state index contributed by atoms with van der Waals surface area (Å²) < 4.78 is 94.4. The summed E-state index contributed by atoms with van der Waals surface area (Å²) in [6, 6.07) is 12.4. The van der Waals surface area contributed by atoms with Crippen LogP contribution in [0.1, 0.15) is 55.3 Å². The molecule has 4 aliphatic carbocycles. The maximum atomic E-state index is 15.8. The molecule has 0 spiro atoms. The van der Waals surface area contributed by atoms with Crippen LogP contribution < -0.4 is 0 Å². The van der Waals surface area contributed by atoms with E-state index in [1.165, 1.54) is 0 Å². The Morgan fingerprint density at radius 3 is 2.30 bits per heavy atom. The van der Waals surface area contributed by atoms with Crippen molar-refractivity contribution in [1.29, 1.82) is 0 Å². The molecule has 40 heavy (non-hydrogen) atoms. The Morgan fingerprint density at radius 1 is 0.875 bits per heavy atom. The van der Waals surface area contributed by atoms with Crippen LogP contribution in [0.3, 0.4) is 0 Å². The summed E-state index contributed by atoms with van der Waals surface area (Å²) in [7, 11) is -8.90. The zero-order valence-corrected chi connectivity index (χ0v) is 23.7. The molecule has 5 fully saturated rings. The Balaban J connectivity index is 1.14. The van der Waals surface area contributed by atoms with Crippen LogP contribution in [0.5, 0.6) is 0 Å². The molecular weight excluding hydrogens is 564 g/mol. The van der Waals surface area contributed by atoms with Gasteiger partial charge in [-0.3, -0.25) is 4.79 Å². The highest BCUT2D eigenvalue weighted by atomic mass is 32.3. The van der Waals surface area contributed by atoms with Gasteiger partial charge in [-0.1, -0.05) is 42.5 Å². The summed E-state index contributed by atoms with van der Waals surface area (Å²) in [5.74, 6) is -6.41. The fourth-order valence-electron chi connectivity index (χ4n) is 9.45. The molecule has 7 unspecified atom stereocenters. The van der Waals surface area contributed by atoms with E-state index in [9.17, 15) is 13.2 Å². The van der Waals surface area contributed by atoms with Gasteiger partial charge in [-0.15, -0.1) is 10.3 Å². The first kappa shape index (κ1) is 27.2. The van der Waals surface area contributed by atoms with E-state index in [1.807, 2.05) is 18.2 Å². The number of fused-ring (bicyclic) bond motifs is 10. The van der Waals surface area contributed by atoms with Crippen LogP contribution >= 0.6 is 10.3 Å². The van der Waals surface area contributed by atoms with Crippen LogP contribution in [0.15, 0.2) is 42.5 Å². The van der Waals surface area contributed by atoms with Gasteiger partial charge in [-0.05, 0) is 91.2 Å². The first-order valence-electron chi connectivity index (χ1n) is 14.4. The van der Waals surface area contributed by atoms with Gasteiger partial charge in [0.05, 0.1) is 5.75 Å². The van der Waals surface area contributed by atoms with E-state index in [2.05, 4.69) is 0 Å². The number of alkyl halides is 4. The Kier molecular flexibility index (Phi) is 6.24. The zero-order chi connectivity index (χ0) is 28.1. The first-order valence-corrected chi connectivity index (χ1v) is 17.9. The third-order valence-electron chi connectivity index (χ3n) is 10.9. The topological polar surface area (TPSA) is 60.4 Å². The van der Waals surface area contributed by atoms with Gasteiger partial charge in [0.2, 0.25) is 0 Å². The largest absolute Gasteiger partial charge is 0.432 e. The van der Waals surface area contributed by atoms with E-state index in [1.54, 1.807) is 24.3 Å². The highest BCUT2D eigenvalue weighted by molar-refractivity contribution is 8.33. The molecule has 10 heteroatoms. The lowest BCUT2D eigenvalue weighted by molar-refractivity contribution is -0.209. The molecule has 218 valence electrons. The van der Waals surface area contributed by atoms with Crippen molar-refractivity contribution in [3.63, 3.8) is 0 Å². The molecule has 0 amide bonds. The van der Waals surface area contributed by atoms with E-state index in [4.69, 9.17) is 3.63 Å². The van der Waals surface area contributed by atoms with Crippen LogP contribution in [-0.4, -0.2) is 42.6 Å². The highest BCUT2D eigenvalue weighted by Gasteiger charge is 2.76. The van der Waals surface area contributed by atoms with Gasteiger partial charge < -0.3 is 0 Å². The number of carbonyl (C=O) groups is 1. The minimum atomic E-state index is -6.01. The second kappa shape index (κ2) is 9.17. The number of hydrogen-bond acceptors (Lipinski definition) is 4. The molecule has 1 heterocycles. The summed E-state index contributed by atoms with van der Waals surface area (Å²) in [6.07, 6.45) is 4.48. The molecule has 1 saturated heterocycles. The van der Waals surface area contributed by atoms with Crippen LogP contribution in [0, 0.1) is 41.4 Å². The van der Waals surface area contributed by atoms with Gasteiger partial charge in [0.25, 0.3) is 0 Å². The van der Waals surface area contributed by atoms with Crippen molar-refractivity contribution >= 4 is 37.0 Å². The Hall–Kier alpha value is -1.65. The van der Waals surface area contributed by atoms with Crippen molar-refractivity contribution < 1.29 is 34.4 Å². The lowest BCUT2D eigenvalue weighted by Gasteiger charge is -2.43. The molecule has 7 rings (SSSR count). The zero-order valence-electron chi connectivity index (χ0n) is 22.1. The summed E-state index contributed by atoms with van der Waals surface area (Å²) in [4.78, 5) is 13.4. The molecule has 2 aromatic rings. The maximum absolute atomic E-state index is 15.8. The fraction of sp³-hybridized carbons (Fsp3) is 0.633. The van der Waals surface area contributed by atoms with Crippen LogP contribution in [-0.2, 0) is 13.7 Å². The summed E-state index contributed by atoms with van der Waals surface area (Å²) in [5.41, 5.74) is 0.345. The standard InChI is InChI=1S/C30H34F4O4S2/c31-29(32,25-16-21-15-24(25)28-20-11-10-19(14-20)27(21)28)30(33,34)40(36,37)38-39(12-3-4-13-39)17-26(35)23-9-5-7-18-6-1-2-8-22(18)23/h1-2,5-9,19-21,24-25,27-28H,3-4,10-17H2. The third kappa shape index (κ3) is 3.87. The number of ketones is 1. The molecule has 7 atom stereocenters. The third-order valence-corrected chi connectivity index (χ3v) is 16.5. The molecule has 4 nitrogen and oxygen atoms in total. The van der Waals surface area contributed by atoms with Gasteiger partial charge in [0, 0.05) is 23.0 Å². The predicted molar refractivity (Wildman–Crippen MR) is 147 cm³/mol. The number of Topliss-reactive ketones (excluding diaryl/α,β-unsaturated/α-hetero) is 1. The van der Waals surface area contributed by atoms with Crippen LogP contribution in [0.25, 0.3) is 10.8 Å². The number of carbonyl (C=O) groups excluding carboxylic acids is 1. The van der Waals surface area contributed by atoms with Crippen molar-refractivity contribution in [1.82, 2.24) is 0 Å². The van der Waals surface area contributed by atoms with Crippen LogP contribution in [0.2, 0.25) is 0 Å². The number of hydrogen-bond donors (Lipinski definition) is 0. The van der Waals surface area contributed by atoms with Crippen molar-refractivity contribution in [3.05, 3.63) is 48.0 Å². The van der Waals surface area contributed by atoms with Gasteiger partial charge >= 0.3 is 21.3 Å². The minimum Gasteiger partial charge on any atom is -0.293 e. The number of benzene rings is 2. The average molecular weight is 599 g/mol. The molecular formula is C30H34F4O4S2.